The third-order valence-corrected chi connectivity index (χ3v) is 6.40. The van der Waals surface area contributed by atoms with E-state index in [9.17, 15) is 4.39 Å². The highest BCUT2D eigenvalue weighted by molar-refractivity contribution is 6.32. The first kappa shape index (κ1) is 23.9. The van der Waals surface area contributed by atoms with E-state index in [0.29, 0.717) is 39.3 Å². The first-order valence-corrected chi connectivity index (χ1v) is 11.6. The van der Waals surface area contributed by atoms with E-state index in [1.54, 1.807) is 30.3 Å². The molecule has 2 aromatic carbocycles. The monoisotopic (exact) mass is 482 g/mol. The van der Waals surface area contributed by atoms with Crippen LogP contribution in [0, 0.1) is 11.2 Å². The van der Waals surface area contributed by atoms with Crippen LogP contribution in [0.5, 0.6) is 5.75 Å². The van der Waals surface area contributed by atoms with Crippen molar-refractivity contribution in [1.82, 2.24) is 15.3 Å². The van der Waals surface area contributed by atoms with E-state index in [4.69, 9.17) is 27.5 Å². The molecule has 0 unspecified atom stereocenters. The fourth-order valence-corrected chi connectivity index (χ4v) is 4.42. The molecule has 3 aromatic rings. The van der Waals surface area contributed by atoms with Crippen LogP contribution in [0.2, 0.25) is 5.02 Å². The molecule has 0 aliphatic heterocycles. The zero-order valence-electron chi connectivity index (χ0n) is 18.9. The van der Waals surface area contributed by atoms with Gasteiger partial charge in [0, 0.05) is 17.6 Å². The number of nitrogens with two attached hydrogens (primary N) is 1. The van der Waals surface area contributed by atoms with E-state index in [1.165, 1.54) is 18.5 Å². The van der Waals surface area contributed by atoms with Crippen molar-refractivity contribution in [2.24, 2.45) is 0 Å². The van der Waals surface area contributed by atoms with Crippen LogP contribution in [0.25, 0.3) is 0 Å². The van der Waals surface area contributed by atoms with Gasteiger partial charge in [-0.15, -0.1) is 0 Å². The summed E-state index contributed by atoms with van der Waals surface area (Å²) in [5, 5.41) is 15.9. The van der Waals surface area contributed by atoms with Crippen LogP contribution in [0.15, 0.2) is 48.8 Å². The van der Waals surface area contributed by atoms with Crippen LogP contribution in [0.1, 0.15) is 42.4 Å². The van der Waals surface area contributed by atoms with Gasteiger partial charge in [0.05, 0.1) is 16.3 Å². The predicted molar refractivity (Wildman–Crippen MR) is 133 cm³/mol. The third-order valence-electron chi connectivity index (χ3n) is 6.11. The molecule has 0 spiro atoms. The van der Waals surface area contributed by atoms with Crippen molar-refractivity contribution < 1.29 is 9.13 Å². The van der Waals surface area contributed by atoms with Crippen LogP contribution in [-0.4, -0.2) is 34.8 Å². The summed E-state index contributed by atoms with van der Waals surface area (Å²) in [4.78, 5) is 8.48. The minimum absolute atomic E-state index is 0.170. The highest BCUT2D eigenvalue weighted by atomic mass is 35.5. The van der Waals surface area contributed by atoms with E-state index in [1.807, 2.05) is 7.05 Å². The average Bonchev–Trinajstić information content (AvgIpc) is 2.83. The summed E-state index contributed by atoms with van der Waals surface area (Å²) in [5.74, 6) is 0.902. The third kappa shape index (κ3) is 5.63. The normalized spacial score (nSPS) is 17.9. The van der Waals surface area contributed by atoms with Crippen molar-refractivity contribution in [3.8, 4) is 5.75 Å². The Balaban J connectivity index is 1.49. The highest BCUT2D eigenvalue weighted by Crippen LogP contribution is 2.30. The summed E-state index contributed by atoms with van der Waals surface area (Å²) in [5.41, 5.74) is 8.04. The Bertz CT molecular complexity index is 1170. The lowest BCUT2D eigenvalue weighted by atomic mass is 9.91. The van der Waals surface area contributed by atoms with Crippen LogP contribution in [0.3, 0.4) is 0 Å². The lowest BCUT2D eigenvalue weighted by Crippen LogP contribution is -2.35. The van der Waals surface area contributed by atoms with Crippen molar-refractivity contribution in [3.63, 3.8) is 0 Å². The summed E-state index contributed by atoms with van der Waals surface area (Å²) < 4.78 is 19.1. The van der Waals surface area contributed by atoms with Crippen molar-refractivity contribution in [2.75, 3.05) is 18.1 Å². The van der Waals surface area contributed by atoms with E-state index in [-0.39, 0.29) is 30.0 Å². The van der Waals surface area contributed by atoms with Crippen LogP contribution < -0.4 is 21.1 Å². The van der Waals surface area contributed by atoms with Crippen molar-refractivity contribution in [2.45, 2.75) is 44.4 Å². The summed E-state index contributed by atoms with van der Waals surface area (Å²) in [6.45, 7) is 0.178. The topological polar surface area (TPSA) is 109 Å². The second-order valence-corrected chi connectivity index (χ2v) is 8.81. The first-order chi connectivity index (χ1) is 16.4. The van der Waals surface area contributed by atoms with Gasteiger partial charge < -0.3 is 21.1 Å². The molecule has 5 N–H and O–H groups in total. The maximum atomic E-state index is 13.4. The molecule has 0 amide bonds. The number of halogens is 2. The molecule has 7 nitrogen and oxygen atoms in total. The van der Waals surface area contributed by atoms with Crippen LogP contribution >= 0.6 is 11.6 Å². The maximum absolute atomic E-state index is 13.4. The molecule has 0 atom stereocenters. The molecular formula is C25H28ClFN6O. The van der Waals surface area contributed by atoms with E-state index < -0.39 is 0 Å². The van der Waals surface area contributed by atoms with Crippen LogP contribution in [0.4, 0.5) is 16.0 Å². The molecular weight excluding hydrogens is 455 g/mol. The maximum Gasteiger partial charge on any atom is 0.141 e. The minimum Gasteiger partial charge on any atom is -0.487 e. The number of ether oxygens (including phenoxy) is 1. The van der Waals surface area contributed by atoms with E-state index in [2.05, 4.69) is 20.6 Å². The number of nitrogens with zero attached hydrogens (tertiary/aromatic N) is 2. The molecule has 1 fully saturated rings. The van der Waals surface area contributed by atoms with Gasteiger partial charge in [0.1, 0.15) is 36.1 Å². The van der Waals surface area contributed by atoms with Crippen molar-refractivity contribution in [3.05, 3.63) is 76.3 Å². The molecule has 1 aliphatic rings. The number of rotatable bonds is 8. The van der Waals surface area contributed by atoms with Gasteiger partial charge in [0.2, 0.25) is 0 Å². The summed E-state index contributed by atoms with van der Waals surface area (Å²) >= 11 is 6.44. The number of hydrogen-bond donors (Lipinski definition) is 4. The van der Waals surface area contributed by atoms with Gasteiger partial charge >= 0.3 is 0 Å². The Morgan fingerprint density at radius 2 is 1.91 bits per heavy atom. The molecule has 1 aliphatic carbocycles. The summed E-state index contributed by atoms with van der Waals surface area (Å²) in [6, 6.07) is 12.1. The van der Waals surface area contributed by atoms with E-state index in [0.717, 1.165) is 25.7 Å². The van der Waals surface area contributed by atoms with E-state index >= 15 is 0 Å². The van der Waals surface area contributed by atoms with Gasteiger partial charge in [-0.3, -0.25) is 5.41 Å². The zero-order valence-corrected chi connectivity index (χ0v) is 19.7. The quantitative estimate of drug-likeness (QED) is 0.344. The second kappa shape index (κ2) is 10.8. The smallest absolute Gasteiger partial charge is 0.141 e. The lowest BCUT2D eigenvalue weighted by Gasteiger charge is -2.29. The van der Waals surface area contributed by atoms with Gasteiger partial charge in [0.25, 0.3) is 0 Å². The molecule has 34 heavy (non-hydrogen) atoms. The Labute approximate surface area is 203 Å². The van der Waals surface area contributed by atoms with Gasteiger partial charge in [-0.2, -0.15) is 0 Å². The standard InChI is InChI=1S/C25H28ClFN6O/c1-30-18-6-8-19(9-7-18)33-25-22(24(29)31-14-32-25)23(28)16-5-10-21(20(26)12-16)34-13-15-3-2-4-17(27)11-15/h2-5,10-12,14,18-19,28,30H,6-9,13H2,1H3,(H3,29,31,32,33). The van der Waals surface area contributed by atoms with Crippen LogP contribution in [-0.2, 0) is 6.61 Å². The van der Waals surface area contributed by atoms with Gasteiger partial charge in [-0.25, -0.2) is 14.4 Å². The number of anilines is 2. The second-order valence-electron chi connectivity index (χ2n) is 8.40. The molecule has 1 aromatic heterocycles. The molecule has 1 heterocycles. The number of nitrogens with one attached hydrogen (secondary N) is 3. The Hall–Kier alpha value is -3.23. The number of benzene rings is 2. The first-order valence-electron chi connectivity index (χ1n) is 11.2. The molecule has 178 valence electrons. The highest BCUT2D eigenvalue weighted by Gasteiger charge is 2.23. The fraction of sp³-hybridized carbons (Fsp3) is 0.320. The Kier molecular flexibility index (Phi) is 7.59. The van der Waals surface area contributed by atoms with Crippen molar-refractivity contribution >= 4 is 28.9 Å². The largest absolute Gasteiger partial charge is 0.487 e. The minimum atomic E-state index is -0.321. The van der Waals surface area contributed by atoms with Gasteiger partial charge in [-0.1, -0.05) is 23.7 Å². The SMILES string of the molecule is CNC1CCC(Nc2ncnc(N)c2C(=N)c2ccc(OCc3cccc(F)c3)c(Cl)c2)CC1. The molecule has 0 saturated heterocycles. The number of hydrogen-bond acceptors (Lipinski definition) is 7. The molecule has 9 heteroatoms. The van der Waals surface area contributed by atoms with Gasteiger partial charge in [-0.05, 0) is 68.6 Å². The predicted octanol–water partition coefficient (Wildman–Crippen LogP) is 4.79. The number of aromatic nitrogens is 2. The van der Waals surface area contributed by atoms with Gasteiger partial charge in [0.15, 0.2) is 0 Å². The zero-order chi connectivity index (χ0) is 24.1. The molecule has 1 saturated carbocycles. The lowest BCUT2D eigenvalue weighted by molar-refractivity contribution is 0.306. The Morgan fingerprint density at radius 1 is 1.15 bits per heavy atom. The summed E-state index contributed by atoms with van der Waals surface area (Å²) in [6.07, 6.45) is 5.57. The molecule has 4 rings (SSSR count). The Morgan fingerprint density at radius 3 is 2.62 bits per heavy atom. The van der Waals surface area contributed by atoms with Crippen molar-refractivity contribution in [1.29, 1.82) is 5.41 Å². The fourth-order valence-electron chi connectivity index (χ4n) is 4.18. The number of nitrogen functional groups attached to an aromatic ring is 1. The average molecular weight is 483 g/mol. The summed E-state index contributed by atoms with van der Waals surface area (Å²) in [7, 11) is 1.99. The molecule has 0 bridgehead atoms. The molecule has 0 radical (unpaired) electrons.